The largest absolute Gasteiger partial charge is 1.00 e. The fourth-order valence-corrected chi connectivity index (χ4v) is 0.247. The Morgan fingerprint density at radius 2 is 2.00 bits per heavy atom. The van der Waals surface area contributed by atoms with Gasteiger partial charge in [-0.1, -0.05) is 5.57 Å². The van der Waals surface area contributed by atoms with E-state index in [4.69, 9.17) is 5.11 Å². The monoisotopic (exact) mass is 234 g/mol. The van der Waals surface area contributed by atoms with Gasteiger partial charge in [0.25, 0.3) is 0 Å². The summed E-state index contributed by atoms with van der Waals surface area (Å²) in [4.78, 5) is 9.73. The smallest absolute Gasteiger partial charge is 1.00 e. The zero-order valence-electron chi connectivity index (χ0n) is 6.43. The number of hydrogen-bond donors (Lipinski definition) is 1. The molecule has 0 radical (unpaired) electrons. The van der Waals surface area contributed by atoms with Crippen LogP contribution in [-0.2, 0) is 4.79 Å². The number of allylic oxidation sites excluding steroid dienone is 1. The first-order valence-corrected chi connectivity index (χ1v) is 2.01. The third kappa shape index (κ3) is 10.3. The van der Waals surface area contributed by atoms with Gasteiger partial charge >= 0.3 is 74.9 Å². The summed E-state index contributed by atoms with van der Waals surface area (Å²) in [6.45, 7) is 3.49. The molecule has 0 saturated carbocycles. The van der Waals surface area contributed by atoms with Crippen molar-refractivity contribution in [1.82, 2.24) is 0 Å². The van der Waals surface area contributed by atoms with Gasteiger partial charge in [0.05, 0.1) is 0 Å². The SMILES string of the molecule is CC(C)=CC(=O)O.[Cs+].[H-]. The van der Waals surface area contributed by atoms with Crippen molar-refractivity contribution < 1.29 is 80.2 Å². The summed E-state index contributed by atoms with van der Waals surface area (Å²) < 4.78 is 0. The van der Waals surface area contributed by atoms with Gasteiger partial charge in [0.1, 0.15) is 0 Å². The second-order valence-electron chi connectivity index (χ2n) is 1.56. The predicted octanol–water partition coefficient (Wildman–Crippen LogP) is -1.85. The zero-order valence-corrected chi connectivity index (χ0v) is 11.7. The van der Waals surface area contributed by atoms with Crippen LogP contribution in [-0.4, -0.2) is 11.1 Å². The van der Waals surface area contributed by atoms with E-state index in [1.165, 1.54) is 6.08 Å². The quantitative estimate of drug-likeness (QED) is 0.541. The fraction of sp³-hybridized carbons (Fsp3) is 0.400. The van der Waals surface area contributed by atoms with Crippen molar-refractivity contribution >= 4 is 5.97 Å². The Labute approximate surface area is 109 Å². The summed E-state index contributed by atoms with van der Waals surface area (Å²) in [5.74, 6) is -0.875. The second-order valence-corrected chi connectivity index (χ2v) is 1.56. The van der Waals surface area contributed by atoms with Crippen LogP contribution in [0.1, 0.15) is 15.3 Å². The number of carbonyl (C=O) groups is 1. The Bertz CT molecular complexity index is 108. The van der Waals surface area contributed by atoms with Gasteiger partial charge in [-0.15, -0.1) is 0 Å². The predicted molar refractivity (Wildman–Crippen MR) is 28.2 cm³/mol. The van der Waals surface area contributed by atoms with Gasteiger partial charge in [0.2, 0.25) is 0 Å². The Morgan fingerprint density at radius 3 is 2.00 bits per heavy atom. The molecule has 0 aliphatic carbocycles. The first-order valence-electron chi connectivity index (χ1n) is 2.01. The molecule has 0 aromatic heterocycles. The van der Waals surface area contributed by atoms with E-state index < -0.39 is 5.97 Å². The van der Waals surface area contributed by atoms with Crippen LogP contribution >= 0.6 is 0 Å². The fourth-order valence-electron chi connectivity index (χ4n) is 0.247. The molecule has 0 unspecified atom stereocenters. The van der Waals surface area contributed by atoms with Crippen LogP contribution in [0, 0.1) is 0 Å². The van der Waals surface area contributed by atoms with Crippen molar-refractivity contribution in [3.63, 3.8) is 0 Å². The number of rotatable bonds is 1. The van der Waals surface area contributed by atoms with Gasteiger partial charge in [-0.25, -0.2) is 4.79 Å². The van der Waals surface area contributed by atoms with E-state index >= 15 is 0 Å². The summed E-state index contributed by atoms with van der Waals surface area (Å²) >= 11 is 0. The van der Waals surface area contributed by atoms with E-state index in [0.717, 1.165) is 5.57 Å². The van der Waals surface area contributed by atoms with E-state index in [-0.39, 0.29) is 70.3 Å². The van der Waals surface area contributed by atoms with Gasteiger partial charge in [-0.2, -0.15) is 0 Å². The minimum atomic E-state index is -0.875. The molecule has 0 bridgehead atoms. The van der Waals surface area contributed by atoms with Gasteiger partial charge in [0.15, 0.2) is 0 Å². The molecule has 0 spiro atoms. The number of aliphatic carboxylic acids is 1. The first kappa shape index (κ1) is 12.0. The number of carboxylic acid groups (broad SMARTS) is 1. The summed E-state index contributed by atoms with van der Waals surface area (Å²) in [6.07, 6.45) is 1.17. The molecule has 0 aliphatic heterocycles. The van der Waals surface area contributed by atoms with Crippen molar-refractivity contribution in [1.29, 1.82) is 0 Å². The van der Waals surface area contributed by atoms with Crippen molar-refractivity contribution in [2.24, 2.45) is 0 Å². The molecule has 0 saturated heterocycles. The summed E-state index contributed by atoms with van der Waals surface area (Å²) in [7, 11) is 0. The van der Waals surface area contributed by atoms with E-state index in [1.807, 2.05) is 0 Å². The van der Waals surface area contributed by atoms with Crippen LogP contribution in [0.3, 0.4) is 0 Å². The Balaban J connectivity index is -0.000000180. The topological polar surface area (TPSA) is 37.3 Å². The summed E-state index contributed by atoms with van der Waals surface area (Å²) in [5, 5.41) is 8.01. The normalized spacial score (nSPS) is 6.75. The van der Waals surface area contributed by atoms with E-state index in [0.29, 0.717) is 0 Å². The maximum absolute atomic E-state index is 9.73. The molecular formula is C5H9CsO2. The van der Waals surface area contributed by atoms with Crippen molar-refractivity contribution in [3.05, 3.63) is 11.6 Å². The molecule has 0 fully saturated rings. The molecule has 8 heavy (non-hydrogen) atoms. The molecule has 0 aromatic carbocycles. The van der Waals surface area contributed by atoms with Crippen molar-refractivity contribution in [3.8, 4) is 0 Å². The van der Waals surface area contributed by atoms with Crippen molar-refractivity contribution in [2.45, 2.75) is 13.8 Å². The van der Waals surface area contributed by atoms with Gasteiger partial charge in [-0.05, 0) is 13.8 Å². The van der Waals surface area contributed by atoms with E-state index in [2.05, 4.69) is 0 Å². The second kappa shape index (κ2) is 6.38. The molecule has 0 rings (SSSR count). The molecule has 0 amide bonds. The van der Waals surface area contributed by atoms with Crippen LogP contribution in [0.4, 0.5) is 0 Å². The Hall–Kier alpha value is 1.26. The Kier molecular flexibility index (Phi) is 9.57. The maximum atomic E-state index is 9.73. The molecule has 1 N–H and O–H groups in total. The van der Waals surface area contributed by atoms with Crippen LogP contribution < -0.4 is 68.9 Å². The van der Waals surface area contributed by atoms with Gasteiger partial charge in [0, 0.05) is 6.08 Å². The zero-order chi connectivity index (χ0) is 5.86. The minimum Gasteiger partial charge on any atom is -1.00 e. The molecule has 0 atom stereocenters. The average Bonchev–Trinajstić information content (AvgIpc) is 1.27. The van der Waals surface area contributed by atoms with E-state index in [9.17, 15) is 4.79 Å². The molecule has 0 aromatic rings. The maximum Gasteiger partial charge on any atom is 1.00 e. The molecular weight excluding hydrogens is 225 g/mol. The average molecular weight is 234 g/mol. The molecule has 3 heteroatoms. The molecule has 0 aliphatic rings. The molecule has 0 heterocycles. The third-order valence-corrected chi connectivity index (χ3v) is 0.412. The Morgan fingerprint density at radius 1 is 1.62 bits per heavy atom. The van der Waals surface area contributed by atoms with Crippen LogP contribution in [0.15, 0.2) is 11.6 Å². The first-order chi connectivity index (χ1) is 3.13. The van der Waals surface area contributed by atoms with Gasteiger partial charge in [-0.3, -0.25) is 0 Å². The van der Waals surface area contributed by atoms with Crippen LogP contribution in [0.25, 0.3) is 0 Å². The molecule has 2 nitrogen and oxygen atoms in total. The minimum absolute atomic E-state index is 0. The third-order valence-electron chi connectivity index (χ3n) is 0.412. The molecule has 42 valence electrons. The summed E-state index contributed by atoms with van der Waals surface area (Å²) in [6, 6.07) is 0. The van der Waals surface area contributed by atoms with Gasteiger partial charge < -0.3 is 6.53 Å². The standard InChI is InChI=1S/C5H8O2.Cs.H/c1-4(2)3-5(6)7;;/h3H,1-2H3,(H,6,7);;/q;+1;-1. The summed E-state index contributed by atoms with van der Waals surface area (Å²) in [5.41, 5.74) is 0.813. The van der Waals surface area contributed by atoms with Crippen LogP contribution in [0.2, 0.25) is 0 Å². The van der Waals surface area contributed by atoms with E-state index in [1.54, 1.807) is 13.8 Å². The van der Waals surface area contributed by atoms with Crippen molar-refractivity contribution in [2.75, 3.05) is 0 Å². The van der Waals surface area contributed by atoms with Crippen LogP contribution in [0.5, 0.6) is 0 Å². The number of hydrogen-bond acceptors (Lipinski definition) is 1. The number of carboxylic acids is 1.